The normalized spacial score (nSPS) is 13.5. The van der Waals surface area contributed by atoms with Crippen LogP contribution in [0.1, 0.15) is 47.5 Å². The van der Waals surface area contributed by atoms with Crippen LogP contribution in [-0.2, 0) is 25.8 Å². The van der Waals surface area contributed by atoms with Crippen molar-refractivity contribution in [2.75, 3.05) is 0 Å². The molecule has 0 aliphatic heterocycles. The van der Waals surface area contributed by atoms with Gasteiger partial charge < -0.3 is 0 Å². The highest BCUT2D eigenvalue weighted by molar-refractivity contribution is 7.18. The molecule has 2 aromatic heterocycles. The van der Waals surface area contributed by atoms with Crippen molar-refractivity contribution in [3.8, 4) is 6.07 Å². The van der Waals surface area contributed by atoms with Gasteiger partial charge in [0.25, 0.3) is 5.56 Å². The van der Waals surface area contributed by atoms with Gasteiger partial charge in [0.05, 0.1) is 11.5 Å². The lowest BCUT2D eigenvalue weighted by Gasteiger charge is -2.13. The Morgan fingerprint density at radius 2 is 2.00 bits per heavy atom. The van der Waals surface area contributed by atoms with Crippen LogP contribution in [0.5, 0.6) is 0 Å². The molecule has 0 saturated carbocycles. The molecule has 5 heteroatoms. The average molecular weight is 363 g/mol. The average Bonchev–Trinajstić information content (AvgIpc) is 3.03. The van der Waals surface area contributed by atoms with E-state index in [0.29, 0.717) is 25.8 Å². The number of nitriles is 1. The van der Waals surface area contributed by atoms with Crippen molar-refractivity contribution in [2.45, 2.75) is 51.5 Å². The molecule has 0 amide bonds. The van der Waals surface area contributed by atoms with Crippen molar-refractivity contribution in [1.82, 2.24) is 9.55 Å². The van der Waals surface area contributed by atoms with E-state index in [1.807, 2.05) is 22.8 Å². The molecule has 0 radical (unpaired) electrons. The molecular formula is C21H21N3OS. The summed E-state index contributed by atoms with van der Waals surface area (Å²) in [5.41, 5.74) is 2.46. The highest BCUT2D eigenvalue weighted by Gasteiger charge is 2.22. The van der Waals surface area contributed by atoms with E-state index >= 15 is 0 Å². The Morgan fingerprint density at radius 3 is 2.81 bits per heavy atom. The topological polar surface area (TPSA) is 58.7 Å². The number of aromatic nitrogens is 2. The number of aryl methyl sites for hydroxylation is 2. The van der Waals surface area contributed by atoms with E-state index < -0.39 is 0 Å². The number of fused-ring (bicyclic) bond motifs is 3. The zero-order chi connectivity index (χ0) is 17.9. The third-order valence-electron chi connectivity index (χ3n) is 5.03. The van der Waals surface area contributed by atoms with Gasteiger partial charge in [-0.15, -0.1) is 11.3 Å². The summed E-state index contributed by atoms with van der Waals surface area (Å²) in [6.45, 7) is 0.558. The quantitative estimate of drug-likeness (QED) is 0.637. The predicted octanol–water partition coefficient (Wildman–Crippen LogP) is 4.23. The van der Waals surface area contributed by atoms with Crippen LogP contribution in [0.2, 0.25) is 0 Å². The minimum atomic E-state index is 0.0817. The Kier molecular flexibility index (Phi) is 4.85. The first-order valence-corrected chi connectivity index (χ1v) is 10.0. The second-order valence-electron chi connectivity index (χ2n) is 6.80. The van der Waals surface area contributed by atoms with Crippen LogP contribution in [0.15, 0.2) is 35.1 Å². The van der Waals surface area contributed by atoms with Gasteiger partial charge in [-0.25, -0.2) is 4.98 Å². The highest BCUT2D eigenvalue weighted by atomic mass is 32.1. The van der Waals surface area contributed by atoms with Gasteiger partial charge in [0.15, 0.2) is 0 Å². The first kappa shape index (κ1) is 17.0. The van der Waals surface area contributed by atoms with Gasteiger partial charge in [0.1, 0.15) is 10.7 Å². The van der Waals surface area contributed by atoms with Gasteiger partial charge in [-0.3, -0.25) is 9.36 Å². The molecule has 0 fully saturated rings. The van der Waals surface area contributed by atoms with E-state index in [1.165, 1.54) is 16.9 Å². The van der Waals surface area contributed by atoms with Crippen molar-refractivity contribution in [1.29, 1.82) is 5.26 Å². The summed E-state index contributed by atoms with van der Waals surface area (Å²) in [5.74, 6) is 0.810. The van der Waals surface area contributed by atoms with E-state index in [1.54, 1.807) is 11.3 Å². The van der Waals surface area contributed by atoms with Gasteiger partial charge in [-0.1, -0.05) is 30.3 Å². The lowest BCUT2D eigenvalue weighted by Crippen LogP contribution is -2.26. The van der Waals surface area contributed by atoms with Gasteiger partial charge in [-0.2, -0.15) is 5.26 Å². The third-order valence-corrected chi connectivity index (χ3v) is 6.21. The largest absolute Gasteiger partial charge is 0.296 e. The predicted molar refractivity (Wildman–Crippen MR) is 105 cm³/mol. The summed E-state index contributed by atoms with van der Waals surface area (Å²) < 4.78 is 1.81. The van der Waals surface area contributed by atoms with Crippen LogP contribution < -0.4 is 5.56 Å². The Morgan fingerprint density at radius 1 is 1.19 bits per heavy atom. The second-order valence-corrected chi connectivity index (χ2v) is 7.88. The second kappa shape index (κ2) is 7.43. The zero-order valence-electron chi connectivity index (χ0n) is 14.7. The van der Waals surface area contributed by atoms with E-state index in [9.17, 15) is 4.79 Å². The molecule has 4 nitrogen and oxygen atoms in total. The number of thiophene rings is 1. The van der Waals surface area contributed by atoms with Crippen LogP contribution in [0, 0.1) is 11.3 Å². The van der Waals surface area contributed by atoms with Crippen molar-refractivity contribution in [3.05, 3.63) is 62.5 Å². The Balaban J connectivity index is 1.84. The molecule has 0 N–H and O–H groups in total. The molecule has 0 atom stereocenters. The van der Waals surface area contributed by atoms with Crippen molar-refractivity contribution < 1.29 is 0 Å². The number of benzene rings is 1. The minimum absolute atomic E-state index is 0.0817. The van der Waals surface area contributed by atoms with Crippen LogP contribution in [0.3, 0.4) is 0 Å². The Hall–Kier alpha value is -2.45. The summed E-state index contributed by atoms with van der Waals surface area (Å²) in [6, 6.07) is 12.3. The van der Waals surface area contributed by atoms with Gasteiger partial charge >= 0.3 is 0 Å². The first-order chi connectivity index (χ1) is 12.8. The van der Waals surface area contributed by atoms with Gasteiger partial charge in [-0.05, 0) is 43.2 Å². The Labute approximate surface area is 156 Å². The zero-order valence-corrected chi connectivity index (χ0v) is 15.5. The molecular weight excluding hydrogens is 342 g/mol. The number of nitrogens with zero attached hydrogens (tertiary/aromatic N) is 3. The fourth-order valence-corrected chi connectivity index (χ4v) is 5.01. The lowest BCUT2D eigenvalue weighted by atomic mass is 9.97. The fourth-order valence-electron chi connectivity index (χ4n) is 3.74. The Bertz CT molecular complexity index is 1030. The first-order valence-electron chi connectivity index (χ1n) is 9.23. The van der Waals surface area contributed by atoms with Gasteiger partial charge in [0.2, 0.25) is 0 Å². The fraction of sp³-hybridized carbons (Fsp3) is 0.381. The minimum Gasteiger partial charge on any atom is -0.296 e. The number of hydrogen-bond donors (Lipinski definition) is 0. The van der Waals surface area contributed by atoms with Gasteiger partial charge in [0, 0.05) is 24.3 Å². The van der Waals surface area contributed by atoms with Crippen LogP contribution in [0.25, 0.3) is 10.2 Å². The standard InChI is InChI=1S/C21H21N3OS/c22-12-6-7-13-24-18(14-15-8-2-1-3-9-15)23-20-19(21(24)25)16-10-4-5-11-17(16)26-20/h1-3,8-9H,4-7,10-11,13-14H2. The molecule has 0 bridgehead atoms. The monoisotopic (exact) mass is 363 g/mol. The molecule has 4 rings (SSSR count). The smallest absolute Gasteiger partial charge is 0.262 e. The van der Waals surface area contributed by atoms with Crippen molar-refractivity contribution >= 4 is 21.6 Å². The molecule has 0 spiro atoms. The van der Waals surface area contributed by atoms with E-state index in [0.717, 1.165) is 40.9 Å². The molecule has 0 unspecified atom stereocenters. The summed E-state index contributed by atoms with van der Waals surface area (Å²) >= 11 is 1.70. The van der Waals surface area contributed by atoms with Crippen LogP contribution in [-0.4, -0.2) is 9.55 Å². The molecule has 3 aromatic rings. The van der Waals surface area contributed by atoms with E-state index in [4.69, 9.17) is 10.2 Å². The molecule has 2 heterocycles. The molecule has 132 valence electrons. The molecule has 26 heavy (non-hydrogen) atoms. The molecule has 1 aliphatic rings. The number of hydrogen-bond acceptors (Lipinski definition) is 4. The van der Waals surface area contributed by atoms with Crippen LogP contribution >= 0.6 is 11.3 Å². The molecule has 1 aromatic carbocycles. The maximum Gasteiger partial charge on any atom is 0.262 e. The number of unbranched alkanes of at least 4 members (excludes halogenated alkanes) is 1. The van der Waals surface area contributed by atoms with E-state index in [2.05, 4.69) is 18.2 Å². The number of rotatable bonds is 5. The third kappa shape index (κ3) is 3.17. The summed E-state index contributed by atoms with van der Waals surface area (Å²) in [7, 11) is 0. The summed E-state index contributed by atoms with van der Waals surface area (Å²) in [4.78, 5) is 20.5. The van der Waals surface area contributed by atoms with Crippen LogP contribution in [0.4, 0.5) is 0 Å². The SMILES string of the molecule is N#CCCCn1c(Cc2ccccc2)nc2sc3c(c2c1=O)CCCC3. The molecule has 0 saturated heterocycles. The molecule has 1 aliphatic carbocycles. The van der Waals surface area contributed by atoms with Crippen molar-refractivity contribution in [3.63, 3.8) is 0 Å². The summed E-state index contributed by atoms with van der Waals surface area (Å²) in [5, 5.41) is 9.70. The maximum absolute atomic E-state index is 13.3. The summed E-state index contributed by atoms with van der Waals surface area (Å²) in [6.07, 6.45) is 6.18. The highest BCUT2D eigenvalue weighted by Crippen LogP contribution is 2.34. The van der Waals surface area contributed by atoms with E-state index in [-0.39, 0.29) is 5.56 Å². The van der Waals surface area contributed by atoms with Crippen molar-refractivity contribution in [2.24, 2.45) is 0 Å². The maximum atomic E-state index is 13.3. The lowest BCUT2D eigenvalue weighted by molar-refractivity contribution is 0.597.